The van der Waals surface area contributed by atoms with E-state index in [0.29, 0.717) is 10.0 Å². The average molecular weight is 438 g/mol. The maximum atomic E-state index is 6.10. The van der Waals surface area contributed by atoms with Crippen molar-refractivity contribution in [2.45, 2.75) is 19.4 Å². The van der Waals surface area contributed by atoms with Crippen LogP contribution in [0, 0.1) is 0 Å². The highest BCUT2D eigenvalue weighted by atomic mass is 79.9. The first-order valence-electron chi connectivity index (χ1n) is 6.18. The van der Waals surface area contributed by atoms with Gasteiger partial charge < -0.3 is 5.32 Å². The largest absolute Gasteiger partial charge is 0.376 e. The van der Waals surface area contributed by atoms with Crippen molar-refractivity contribution in [2.24, 2.45) is 0 Å². The number of benzene rings is 2. The quantitative estimate of drug-likeness (QED) is 0.538. The van der Waals surface area contributed by atoms with Crippen molar-refractivity contribution in [3.63, 3.8) is 0 Å². The summed E-state index contributed by atoms with van der Waals surface area (Å²) in [7, 11) is 0. The van der Waals surface area contributed by atoms with Gasteiger partial charge in [0.25, 0.3) is 0 Å². The Morgan fingerprint density at radius 1 is 1.05 bits per heavy atom. The minimum atomic E-state index is 0.166. The van der Waals surface area contributed by atoms with Crippen LogP contribution < -0.4 is 5.32 Å². The van der Waals surface area contributed by atoms with E-state index in [9.17, 15) is 0 Å². The van der Waals surface area contributed by atoms with Crippen LogP contribution in [0.1, 0.15) is 24.9 Å². The van der Waals surface area contributed by atoms with Crippen molar-refractivity contribution in [3.8, 4) is 0 Å². The van der Waals surface area contributed by atoms with E-state index in [4.69, 9.17) is 23.2 Å². The highest BCUT2D eigenvalue weighted by Crippen LogP contribution is 2.35. The average Bonchev–Trinajstić information content (AvgIpc) is 2.42. The Hall–Kier alpha value is -0.220. The second-order valence-electron chi connectivity index (χ2n) is 4.38. The Bertz CT molecular complexity index is 597. The molecule has 0 aliphatic heterocycles. The molecule has 106 valence electrons. The van der Waals surface area contributed by atoms with E-state index in [1.807, 2.05) is 36.4 Å². The third kappa shape index (κ3) is 3.70. The Morgan fingerprint density at radius 3 is 2.25 bits per heavy atom. The van der Waals surface area contributed by atoms with Gasteiger partial charge in [-0.05, 0) is 68.1 Å². The molecule has 2 aromatic carbocycles. The van der Waals surface area contributed by atoms with Gasteiger partial charge in [-0.3, -0.25) is 0 Å². The molecule has 2 rings (SSSR count). The van der Waals surface area contributed by atoms with Crippen molar-refractivity contribution in [2.75, 3.05) is 5.32 Å². The molecule has 0 heterocycles. The Labute approximate surface area is 145 Å². The Kier molecular flexibility index (Phi) is 5.79. The molecular weight excluding hydrogens is 425 g/mol. The first-order chi connectivity index (χ1) is 9.52. The van der Waals surface area contributed by atoms with Gasteiger partial charge >= 0.3 is 0 Å². The van der Waals surface area contributed by atoms with Crippen LogP contribution >= 0.6 is 55.1 Å². The second kappa shape index (κ2) is 7.17. The summed E-state index contributed by atoms with van der Waals surface area (Å²) in [4.78, 5) is 0. The number of para-hydroxylation sites is 1. The van der Waals surface area contributed by atoms with E-state index < -0.39 is 0 Å². The highest BCUT2D eigenvalue weighted by molar-refractivity contribution is 9.11. The molecule has 1 N–H and O–H groups in total. The SMILES string of the molecule is CCC(Nc1c(Br)cccc1Br)c1ccc(Cl)c(Cl)c1. The first-order valence-corrected chi connectivity index (χ1v) is 8.52. The lowest BCUT2D eigenvalue weighted by Gasteiger charge is -2.21. The minimum Gasteiger partial charge on any atom is -0.376 e. The molecule has 0 radical (unpaired) electrons. The van der Waals surface area contributed by atoms with Crippen molar-refractivity contribution >= 4 is 60.7 Å². The van der Waals surface area contributed by atoms with E-state index in [1.54, 1.807) is 0 Å². The molecule has 5 heteroatoms. The van der Waals surface area contributed by atoms with E-state index >= 15 is 0 Å². The molecule has 20 heavy (non-hydrogen) atoms. The van der Waals surface area contributed by atoms with Gasteiger partial charge in [0.05, 0.1) is 21.8 Å². The predicted octanol–water partition coefficient (Wildman–Crippen LogP) is 7.08. The first kappa shape index (κ1) is 16.2. The molecule has 0 saturated heterocycles. The van der Waals surface area contributed by atoms with Crippen molar-refractivity contribution in [1.29, 1.82) is 0 Å². The maximum absolute atomic E-state index is 6.10. The van der Waals surface area contributed by atoms with Crippen LogP contribution in [0.15, 0.2) is 45.3 Å². The van der Waals surface area contributed by atoms with Gasteiger partial charge in [-0.1, -0.05) is 42.3 Å². The predicted molar refractivity (Wildman–Crippen MR) is 95.0 cm³/mol. The summed E-state index contributed by atoms with van der Waals surface area (Å²) in [5, 5.41) is 4.69. The molecule has 2 aromatic rings. The number of halogens is 4. The number of hydrogen-bond donors (Lipinski definition) is 1. The topological polar surface area (TPSA) is 12.0 Å². The molecule has 0 bridgehead atoms. The lowest BCUT2D eigenvalue weighted by molar-refractivity contribution is 0.748. The molecule has 0 aliphatic carbocycles. The smallest absolute Gasteiger partial charge is 0.0633 e. The molecule has 0 fully saturated rings. The summed E-state index contributed by atoms with van der Waals surface area (Å²) in [5.74, 6) is 0. The van der Waals surface area contributed by atoms with E-state index in [0.717, 1.165) is 26.6 Å². The fourth-order valence-electron chi connectivity index (χ4n) is 1.96. The van der Waals surface area contributed by atoms with Crippen molar-refractivity contribution < 1.29 is 0 Å². The van der Waals surface area contributed by atoms with Crippen molar-refractivity contribution in [1.82, 2.24) is 0 Å². The fourth-order valence-corrected chi connectivity index (χ4v) is 3.49. The summed E-state index contributed by atoms with van der Waals surface area (Å²) < 4.78 is 2.04. The molecule has 0 amide bonds. The van der Waals surface area contributed by atoms with Gasteiger partial charge in [0, 0.05) is 8.95 Å². The maximum Gasteiger partial charge on any atom is 0.0633 e. The molecule has 1 nitrogen and oxygen atoms in total. The standard InChI is InChI=1S/C15H13Br2Cl2N/c1-2-14(9-6-7-12(18)13(19)8-9)20-15-10(16)4-3-5-11(15)17/h3-8,14,20H,2H2,1H3. The third-order valence-electron chi connectivity index (χ3n) is 3.04. The summed E-state index contributed by atoms with van der Waals surface area (Å²) in [6.07, 6.45) is 0.936. The van der Waals surface area contributed by atoms with Crippen LogP contribution in [0.25, 0.3) is 0 Å². The Balaban J connectivity index is 2.31. The summed E-state index contributed by atoms with van der Waals surface area (Å²) in [6, 6.07) is 11.9. The molecule has 0 saturated carbocycles. The van der Waals surface area contributed by atoms with Gasteiger partial charge in [0.2, 0.25) is 0 Å². The molecule has 1 atom stereocenters. The van der Waals surface area contributed by atoms with Gasteiger partial charge in [-0.25, -0.2) is 0 Å². The zero-order valence-electron chi connectivity index (χ0n) is 10.8. The molecule has 0 aromatic heterocycles. The fraction of sp³-hybridized carbons (Fsp3) is 0.200. The molecule has 0 aliphatic rings. The van der Waals surface area contributed by atoms with Gasteiger partial charge in [0.1, 0.15) is 0 Å². The Morgan fingerprint density at radius 2 is 1.70 bits per heavy atom. The summed E-state index contributed by atoms with van der Waals surface area (Å²) in [5.41, 5.74) is 2.15. The number of nitrogens with one attached hydrogen (secondary N) is 1. The van der Waals surface area contributed by atoms with Crippen LogP contribution in [-0.4, -0.2) is 0 Å². The van der Waals surface area contributed by atoms with Gasteiger partial charge in [-0.2, -0.15) is 0 Å². The van der Waals surface area contributed by atoms with Gasteiger partial charge in [-0.15, -0.1) is 0 Å². The van der Waals surface area contributed by atoms with E-state index in [1.165, 1.54) is 0 Å². The van der Waals surface area contributed by atoms with Crippen LogP contribution in [-0.2, 0) is 0 Å². The van der Waals surface area contributed by atoms with Crippen LogP contribution in [0.4, 0.5) is 5.69 Å². The van der Waals surface area contributed by atoms with E-state index in [2.05, 4.69) is 44.1 Å². The monoisotopic (exact) mass is 435 g/mol. The molecular formula is C15H13Br2Cl2N. The van der Waals surface area contributed by atoms with E-state index in [-0.39, 0.29) is 6.04 Å². The molecule has 1 unspecified atom stereocenters. The summed E-state index contributed by atoms with van der Waals surface area (Å²) in [6.45, 7) is 2.13. The number of rotatable bonds is 4. The van der Waals surface area contributed by atoms with Gasteiger partial charge in [0.15, 0.2) is 0 Å². The highest BCUT2D eigenvalue weighted by Gasteiger charge is 2.14. The van der Waals surface area contributed by atoms with Crippen LogP contribution in [0.2, 0.25) is 10.0 Å². The van der Waals surface area contributed by atoms with Crippen LogP contribution in [0.5, 0.6) is 0 Å². The van der Waals surface area contributed by atoms with Crippen LogP contribution in [0.3, 0.4) is 0 Å². The number of anilines is 1. The zero-order chi connectivity index (χ0) is 14.7. The summed E-state index contributed by atoms with van der Waals surface area (Å²) >= 11 is 19.2. The van der Waals surface area contributed by atoms with Crippen molar-refractivity contribution in [3.05, 3.63) is 61.0 Å². The lowest BCUT2D eigenvalue weighted by atomic mass is 10.0. The molecule has 0 spiro atoms. The normalized spacial score (nSPS) is 12.2. The second-order valence-corrected chi connectivity index (χ2v) is 6.90. The minimum absolute atomic E-state index is 0.166. The number of hydrogen-bond acceptors (Lipinski definition) is 1. The third-order valence-corrected chi connectivity index (χ3v) is 5.10. The zero-order valence-corrected chi connectivity index (χ0v) is 15.4. The lowest BCUT2D eigenvalue weighted by Crippen LogP contribution is -2.10.